The largest absolute Gasteiger partial charge is 0.350 e. The molecule has 1 heterocycles. The molecule has 3 heteroatoms. The van der Waals surface area contributed by atoms with Gasteiger partial charge in [0.15, 0.2) is 6.29 Å². The van der Waals surface area contributed by atoms with Gasteiger partial charge in [0.25, 0.3) is 0 Å². The molecule has 0 aromatic rings. The first-order valence-corrected chi connectivity index (χ1v) is 4.40. The Balaban J connectivity index is 2.56. The van der Waals surface area contributed by atoms with Crippen molar-refractivity contribution in [3.8, 4) is 0 Å². The maximum Gasteiger partial charge on any atom is 0.163 e. The van der Waals surface area contributed by atoms with Crippen molar-refractivity contribution in [1.29, 1.82) is 0 Å². The first kappa shape index (κ1) is 9.68. The van der Waals surface area contributed by atoms with E-state index >= 15 is 0 Å². The molecule has 0 saturated carbocycles. The molecule has 3 nitrogen and oxygen atoms in total. The molecule has 1 fully saturated rings. The topological polar surface area (TPSA) is 35.5 Å². The normalized spacial score (nSPS) is 23.8. The highest BCUT2D eigenvalue weighted by atomic mass is 16.7. The highest BCUT2D eigenvalue weighted by molar-refractivity contribution is 5.50. The molecule has 0 radical (unpaired) electrons. The van der Waals surface area contributed by atoms with E-state index in [-0.39, 0.29) is 11.7 Å². The second-order valence-electron chi connectivity index (χ2n) is 3.45. The van der Waals surface area contributed by atoms with Gasteiger partial charge in [0.05, 0.1) is 13.2 Å². The van der Waals surface area contributed by atoms with Crippen molar-refractivity contribution in [2.24, 2.45) is 5.41 Å². The van der Waals surface area contributed by atoms with Crippen LogP contribution in [0.4, 0.5) is 0 Å². The van der Waals surface area contributed by atoms with Crippen LogP contribution in [-0.2, 0) is 14.3 Å². The van der Waals surface area contributed by atoms with Gasteiger partial charge < -0.3 is 14.3 Å². The summed E-state index contributed by atoms with van der Waals surface area (Å²) >= 11 is 0. The zero-order valence-corrected chi connectivity index (χ0v) is 7.71. The minimum Gasteiger partial charge on any atom is -0.350 e. The molecule has 0 spiro atoms. The van der Waals surface area contributed by atoms with Crippen LogP contribution in [0, 0.1) is 5.41 Å². The second kappa shape index (κ2) is 4.01. The Morgan fingerprint density at radius 2 is 2.08 bits per heavy atom. The van der Waals surface area contributed by atoms with Gasteiger partial charge in [0.2, 0.25) is 0 Å². The second-order valence-corrected chi connectivity index (χ2v) is 3.45. The van der Waals surface area contributed by atoms with Crippen LogP contribution in [0.5, 0.6) is 0 Å². The Bertz CT molecular complexity index is 152. The zero-order valence-electron chi connectivity index (χ0n) is 7.71. The van der Waals surface area contributed by atoms with Gasteiger partial charge in [0.1, 0.15) is 6.29 Å². The standard InChI is InChI=1S/C9H16O3/c1-3-9(2,4-5-10)8-11-6-7-12-8/h5,8H,3-4,6-7H2,1-2H3/t9-/m1/s1. The van der Waals surface area contributed by atoms with Crippen LogP contribution in [0.25, 0.3) is 0 Å². The van der Waals surface area contributed by atoms with Gasteiger partial charge in [-0.3, -0.25) is 0 Å². The molecule has 70 valence electrons. The Labute approximate surface area is 73.0 Å². The summed E-state index contributed by atoms with van der Waals surface area (Å²) in [6.07, 6.45) is 2.16. The number of ether oxygens (including phenoxy) is 2. The lowest BCUT2D eigenvalue weighted by Gasteiger charge is -2.30. The molecular weight excluding hydrogens is 156 g/mol. The summed E-state index contributed by atoms with van der Waals surface area (Å²) in [5, 5.41) is 0. The molecule has 1 rings (SSSR count). The Morgan fingerprint density at radius 3 is 2.50 bits per heavy atom. The number of rotatable bonds is 4. The predicted molar refractivity (Wildman–Crippen MR) is 44.8 cm³/mol. The summed E-state index contributed by atoms with van der Waals surface area (Å²) in [7, 11) is 0. The van der Waals surface area contributed by atoms with Gasteiger partial charge in [-0.15, -0.1) is 0 Å². The van der Waals surface area contributed by atoms with E-state index in [4.69, 9.17) is 9.47 Å². The summed E-state index contributed by atoms with van der Waals surface area (Å²) in [5.74, 6) is 0. The third-order valence-electron chi connectivity index (χ3n) is 2.55. The van der Waals surface area contributed by atoms with Crippen molar-refractivity contribution in [3.05, 3.63) is 0 Å². The van der Waals surface area contributed by atoms with Gasteiger partial charge in [-0.1, -0.05) is 13.8 Å². The fourth-order valence-electron chi connectivity index (χ4n) is 1.36. The monoisotopic (exact) mass is 172 g/mol. The molecule has 0 N–H and O–H groups in total. The lowest BCUT2D eigenvalue weighted by Crippen LogP contribution is -2.33. The quantitative estimate of drug-likeness (QED) is 0.601. The molecule has 0 aliphatic carbocycles. The van der Waals surface area contributed by atoms with Crippen molar-refractivity contribution in [2.45, 2.75) is 33.0 Å². The molecule has 0 aromatic heterocycles. The van der Waals surface area contributed by atoms with E-state index in [0.29, 0.717) is 19.6 Å². The van der Waals surface area contributed by atoms with Gasteiger partial charge >= 0.3 is 0 Å². The van der Waals surface area contributed by atoms with Crippen LogP contribution in [0.3, 0.4) is 0 Å². The SMILES string of the molecule is CC[C@](C)(CC=O)C1OCCO1. The zero-order chi connectivity index (χ0) is 9.03. The van der Waals surface area contributed by atoms with Crippen molar-refractivity contribution < 1.29 is 14.3 Å². The molecule has 1 saturated heterocycles. The van der Waals surface area contributed by atoms with Crippen molar-refractivity contribution in [2.75, 3.05) is 13.2 Å². The third-order valence-corrected chi connectivity index (χ3v) is 2.55. The Morgan fingerprint density at radius 1 is 1.50 bits per heavy atom. The van der Waals surface area contributed by atoms with E-state index in [1.165, 1.54) is 0 Å². The van der Waals surface area contributed by atoms with Crippen LogP contribution < -0.4 is 0 Å². The smallest absolute Gasteiger partial charge is 0.163 e. The first-order chi connectivity index (χ1) is 5.73. The molecular formula is C9H16O3. The Kier molecular flexibility index (Phi) is 3.23. The first-order valence-electron chi connectivity index (χ1n) is 4.40. The van der Waals surface area contributed by atoms with Crippen molar-refractivity contribution in [1.82, 2.24) is 0 Å². The molecule has 1 atom stereocenters. The number of hydrogen-bond acceptors (Lipinski definition) is 3. The molecule has 1 aliphatic rings. The van der Waals surface area contributed by atoms with Crippen molar-refractivity contribution in [3.63, 3.8) is 0 Å². The number of carbonyl (C=O) groups is 1. The average molecular weight is 172 g/mol. The van der Waals surface area contributed by atoms with Crippen LogP contribution in [0.15, 0.2) is 0 Å². The van der Waals surface area contributed by atoms with Gasteiger partial charge in [-0.2, -0.15) is 0 Å². The van der Waals surface area contributed by atoms with Crippen molar-refractivity contribution >= 4 is 6.29 Å². The highest BCUT2D eigenvalue weighted by Crippen LogP contribution is 2.33. The summed E-state index contributed by atoms with van der Waals surface area (Å²) in [6, 6.07) is 0. The van der Waals surface area contributed by atoms with E-state index in [2.05, 4.69) is 6.92 Å². The summed E-state index contributed by atoms with van der Waals surface area (Å²) < 4.78 is 10.8. The van der Waals surface area contributed by atoms with Crippen LogP contribution >= 0.6 is 0 Å². The predicted octanol–water partition coefficient (Wildman–Crippen LogP) is 1.36. The van der Waals surface area contributed by atoms with E-state index in [1.807, 2.05) is 6.92 Å². The maximum absolute atomic E-state index is 10.4. The molecule has 1 aliphatic heterocycles. The fourth-order valence-corrected chi connectivity index (χ4v) is 1.36. The summed E-state index contributed by atoms with van der Waals surface area (Å²) in [6.45, 7) is 5.38. The Hall–Kier alpha value is -0.410. The highest BCUT2D eigenvalue weighted by Gasteiger charge is 2.36. The van der Waals surface area contributed by atoms with Gasteiger partial charge in [-0.25, -0.2) is 0 Å². The third kappa shape index (κ3) is 1.84. The van der Waals surface area contributed by atoms with E-state index in [1.54, 1.807) is 0 Å². The van der Waals surface area contributed by atoms with Gasteiger partial charge in [0, 0.05) is 11.8 Å². The number of hydrogen-bond donors (Lipinski definition) is 0. The molecule has 0 amide bonds. The summed E-state index contributed by atoms with van der Waals surface area (Å²) in [4.78, 5) is 10.4. The number of aldehydes is 1. The van der Waals surface area contributed by atoms with Crippen LogP contribution in [0.2, 0.25) is 0 Å². The van der Waals surface area contributed by atoms with E-state index in [9.17, 15) is 4.79 Å². The number of carbonyl (C=O) groups excluding carboxylic acids is 1. The minimum absolute atomic E-state index is 0.141. The summed E-state index contributed by atoms with van der Waals surface area (Å²) in [5.41, 5.74) is -0.141. The van der Waals surface area contributed by atoms with Crippen LogP contribution in [0.1, 0.15) is 26.7 Å². The van der Waals surface area contributed by atoms with E-state index in [0.717, 1.165) is 12.7 Å². The lowest BCUT2D eigenvalue weighted by atomic mass is 9.84. The lowest BCUT2D eigenvalue weighted by molar-refractivity contribution is -0.138. The maximum atomic E-state index is 10.4. The molecule has 0 aromatic carbocycles. The van der Waals surface area contributed by atoms with Gasteiger partial charge in [-0.05, 0) is 6.42 Å². The molecule has 0 unspecified atom stereocenters. The molecule has 0 bridgehead atoms. The average Bonchev–Trinajstić information content (AvgIpc) is 2.57. The van der Waals surface area contributed by atoms with E-state index < -0.39 is 0 Å². The molecule has 12 heavy (non-hydrogen) atoms. The minimum atomic E-state index is -0.187. The van der Waals surface area contributed by atoms with Crippen LogP contribution in [-0.4, -0.2) is 25.8 Å². The fraction of sp³-hybridized carbons (Fsp3) is 0.889.